The van der Waals surface area contributed by atoms with E-state index in [9.17, 15) is 9.90 Å². The van der Waals surface area contributed by atoms with E-state index in [1.807, 2.05) is 50.2 Å². The van der Waals surface area contributed by atoms with Crippen molar-refractivity contribution in [3.8, 4) is 5.88 Å². The van der Waals surface area contributed by atoms with E-state index >= 15 is 0 Å². The molecule has 0 atom stereocenters. The van der Waals surface area contributed by atoms with Crippen LogP contribution in [-0.4, -0.2) is 15.6 Å². The van der Waals surface area contributed by atoms with E-state index in [4.69, 9.17) is 0 Å². The van der Waals surface area contributed by atoms with Gasteiger partial charge in [0, 0.05) is 17.5 Å². The molecule has 24 heavy (non-hydrogen) atoms. The molecule has 0 unspecified atom stereocenters. The minimum Gasteiger partial charge on any atom is -0.493 e. The molecule has 2 aromatic carbocycles. The predicted molar refractivity (Wildman–Crippen MR) is 93.9 cm³/mol. The number of aromatic hydroxyl groups is 1. The zero-order chi connectivity index (χ0) is 17.1. The monoisotopic (exact) mass is 321 g/mol. The number of benzene rings is 2. The molecule has 122 valence electrons. The van der Waals surface area contributed by atoms with Crippen LogP contribution < -0.4 is 0 Å². The van der Waals surface area contributed by atoms with Crippen LogP contribution in [0, 0.1) is 6.92 Å². The number of carbonyl (C=O) groups is 1. The number of aryl methyl sites for hydroxylation is 2. The van der Waals surface area contributed by atoms with Crippen molar-refractivity contribution < 1.29 is 9.90 Å². The maximum absolute atomic E-state index is 12.2. The lowest BCUT2D eigenvalue weighted by atomic mass is 10.1. The summed E-state index contributed by atoms with van der Waals surface area (Å²) in [5.74, 6) is -0.385. The number of aromatic nitrogens is 1. The van der Waals surface area contributed by atoms with Gasteiger partial charge in [-0.15, -0.1) is 10.2 Å². The number of hydrogen-bond acceptors (Lipinski definition) is 3. The molecule has 1 N–H and O–H groups in total. The fourth-order valence-electron chi connectivity index (χ4n) is 2.75. The van der Waals surface area contributed by atoms with Gasteiger partial charge in [-0.1, -0.05) is 42.8 Å². The lowest BCUT2D eigenvalue weighted by Crippen LogP contribution is -1.95. The van der Waals surface area contributed by atoms with Crippen LogP contribution in [0.4, 0.5) is 5.69 Å². The molecule has 1 aromatic heterocycles. The third kappa shape index (κ3) is 2.93. The molecule has 0 fully saturated rings. The first kappa shape index (κ1) is 15.9. The number of rotatable bonds is 4. The van der Waals surface area contributed by atoms with E-state index in [0.717, 1.165) is 22.9 Å². The molecule has 0 radical (unpaired) electrons. The first-order chi connectivity index (χ1) is 11.6. The van der Waals surface area contributed by atoms with Crippen LogP contribution >= 0.6 is 0 Å². The summed E-state index contributed by atoms with van der Waals surface area (Å²) >= 11 is 0. The fraction of sp³-hybridized carbons (Fsp3) is 0.211. The van der Waals surface area contributed by atoms with Gasteiger partial charge in [0.15, 0.2) is 5.69 Å². The average molecular weight is 321 g/mol. The topological polar surface area (TPSA) is 66.9 Å². The smallest absolute Gasteiger partial charge is 0.295 e. The number of hydrogen-bond donors (Lipinski definition) is 1. The molecular formula is C19H19N3O2. The van der Waals surface area contributed by atoms with Gasteiger partial charge in [-0.25, -0.2) is 0 Å². The molecule has 0 saturated heterocycles. The van der Waals surface area contributed by atoms with Gasteiger partial charge in [-0.05, 0) is 31.5 Å². The van der Waals surface area contributed by atoms with Crippen molar-refractivity contribution in [3.63, 3.8) is 0 Å². The van der Waals surface area contributed by atoms with Gasteiger partial charge < -0.3 is 9.67 Å². The number of amides is 1. The highest BCUT2D eigenvalue weighted by molar-refractivity contribution is 5.97. The van der Waals surface area contributed by atoms with Crippen LogP contribution in [0.15, 0.2) is 58.8 Å². The van der Waals surface area contributed by atoms with E-state index in [1.54, 1.807) is 16.7 Å². The lowest BCUT2D eigenvalue weighted by molar-refractivity contribution is 0.0995. The second-order valence-electron chi connectivity index (χ2n) is 5.72. The third-order valence-corrected chi connectivity index (χ3v) is 3.87. The fourth-order valence-corrected chi connectivity index (χ4v) is 2.75. The van der Waals surface area contributed by atoms with Crippen molar-refractivity contribution in [3.05, 3.63) is 59.7 Å². The molecule has 0 spiro atoms. The highest BCUT2D eigenvalue weighted by Crippen LogP contribution is 2.38. The number of nitrogens with zero attached hydrogens (tertiary/aromatic N) is 3. The van der Waals surface area contributed by atoms with E-state index in [1.165, 1.54) is 0 Å². The molecule has 5 heteroatoms. The van der Waals surface area contributed by atoms with Crippen LogP contribution in [0.2, 0.25) is 0 Å². The summed E-state index contributed by atoms with van der Waals surface area (Å²) in [6, 6.07) is 14.8. The molecule has 3 aromatic rings. The zero-order valence-corrected chi connectivity index (χ0v) is 13.7. The van der Waals surface area contributed by atoms with Gasteiger partial charge in [0.05, 0.1) is 5.52 Å². The summed E-state index contributed by atoms with van der Waals surface area (Å²) in [6.07, 6.45) is 0.880. The van der Waals surface area contributed by atoms with E-state index in [-0.39, 0.29) is 5.88 Å². The summed E-state index contributed by atoms with van der Waals surface area (Å²) in [7, 11) is 0. The summed E-state index contributed by atoms with van der Waals surface area (Å²) in [5.41, 5.74) is 2.68. The summed E-state index contributed by atoms with van der Waals surface area (Å²) in [5, 5.41) is 19.1. The van der Waals surface area contributed by atoms with E-state index in [2.05, 4.69) is 10.2 Å². The lowest BCUT2D eigenvalue weighted by Gasteiger charge is -2.03. The van der Waals surface area contributed by atoms with Crippen LogP contribution in [0.3, 0.4) is 0 Å². The van der Waals surface area contributed by atoms with Gasteiger partial charge in [-0.2, -0.15) is 0 Å². The van der Waals surface area contributed by atoms with Gasteiger partial charge in [0.2, 0.25) is 5.88 Å². The molecule has 0 bridgehead atoms. The quantitative estimate of drug-likeness (QED) is 0.688. The van der Waals surface area contributed by atoms with Crippen LogP contribution in [0.5, 0.6) is 5.88 Å². The summed E-state index contributed by atoms with van der Waals surface area (Å²) < 4.78 is 1.79. The number of para-hydroxylation sites is 1. The van der Waals surface area contributed by atoms with E-state index in [0.29, 0.717) is 17.8 Å². The second-order valence-corrected chi connectivity index (χ2v) is 5.72. The highest BCUT2D eigenvalue weighted by atomic mass is 16.3. The Morgan fingerprint density at radius 1 is 1.17 bits per heavy atom. The van der Waals surface area contributed by atoms with Crippen molar-refractivity contribution in [1.82, 2.24) is 4.57 Å². The second kappa shape index (κ2) is 6.66. The molecule has 0 saturated carbocycles. The number of carbonyl (C=O) groups excluding carboxylic acids is 1. The molecule has 0 aliphatic rings. The molecule has 0 aliphatic heterocycles. The highest BCUT2D eigenvalue weighted by Gasteiger charge is 2.16. The molecule has 1 heterocycles. The Balaban J connectivity index is 2.01. The normalized spacial score (nSPS) is 11.4. The Hall–Kier alpha value is -2.95. The van der Waals surface area contributed by atoms with Gasteiger partial charge in [0.25, 0.3) is 5.91 Å². The van der Waals surface area contributed by atoms with E-state index < -0.39 is 5.91 Å². The maximum Gasteiger partial charge on any atom is 0.295 e. The molecule has 5 nitrogen and oxygen atoms in total. The third-order valence-electron chi connectivity index (χ3n) is 3.87. The Morgan fingerprint density at radius 2 is 1.96 bits per heavy atom. The first-order valence-electron chi connectivity index (χ1n) is 7.94. The largest absolute Gasteiger partial charge is 0.493 e. The predicted octanol–water partition coefficient (Wildman–Crippen LogP) is 4.99. The molecule has 1 amide bonds. The zero-order valence-electron chi connectivity index (χ0n) is 13.7. The minimum absolute atomic E-state index is 0.0406. The number of azo groups is 1. The van der Waals surface area contributed by atoms with Gasteiger partial charge in [-0.3, -0.25) is 4.79 Å². The Bertz CT molecular complexity index is 926. The Kier molecular flexibility index (Phi) is 4.42. The van der Waals surface area contributed by atoms with Crippen LogP contribution in [0.25, 0.3) is 10.9 Å². The summed E-state index contributed by atoms with van der Waals surface area (Å²) in [6.45, 7) is 4.63. The Labute approximate surface area is 140 Å². The average Bonchev–Trinajstić information content (AvgIpc) is 2.85. The summed E-state index contributed by atoms with van der Waals surface area (Å²) in [4.78, 5) is 12.2. The SMILES string of the molecule is CCCn1c(O)c(N=NC(=O)c2cccc(C)c2)c2ccccc21. The van der Waals surface area contributed by atoms with Crippen molar-refractivity contribution in [2.45, 2.75) is 26.8 Å². The molecule has 3 rings (SSSR count). The first-order valence-corrected chi connectivity index (χ1v) is 7.94. The minimum atomic E-state index is -0.426. The van der Waals surface area contributed by atoms with Gasteiger partial charge in [0.1, 0.15) is 0 Å². The van der Waals surface area contributed by atoms with Gasteiger partial charge >= 0.3 is 0 Å². The Morgan fingerprint density at radius 3 is 2.71 bits per heavy atom. The molecule has 0 aliphatic carbocycles. The van der Waals surface area contributed by atoms with Crippen molar-refractivity contribution >= 4 is 22.5 Å². The van der Waals surface area contributed by atoms with Crippen molar-refractivity contribution in [2.24, 2.45) is 10.2 Å². The van der Waals surface area contributed by atoms with Crippen LogP contribution in [-0.2, 0) is 6.54 Å². The number of fused-ring (bicyclic) bond motifs is 1. The maximum atomic E-state index is 12.2. The van der Waals surface area contributed by atoms with Crippen LogP contribution in [0.1, 0.15) is 29.3 Å². The molecular weight excluding hydrogens is 302 g/mol. The van der Waals surface area contributed by atoms with Crippen molar-refractivity contribution in [2.75, 3.05) is 0 Å². The van der Waals surface area contributed by atoms with Crippen molar-refractivity contribution in [1.29, 1.82) is 0 Å². The standard InChI is InChI=1S/C19H19N3O2/c1-3-11-22-16-10-5-4-9-15(16)17(19(22)24)20-21-18(23)14-8-6-7-13(2)12-14/h4-10,12,24H,3,11H2,1-2H3.